The number of hydrogen-bond donors (Lipinski definition) is 0. The fourth-order valence-corrected chi connectivity index (χ4v) is 39.0. The van der Waals surface area contributed by atoms with Crippen LogP contribution in [0.25, 0.3) is 6.08 Å². The molecular weight excluding hydrogens is 539 g/mol. The zero-order valence-electron chi connectivity index (χ0n) is 21.3. The summed E-state index contributed by atoms with van der Waals surface area (Å²) in [6, 6.07) is 16.1. The Balaban J connectivity index is 2.26. The fourth-order valence-electron chi connectivity index (χ4n) is 7.25. The van der Waals surface area contributed by atoms with E-state index in [-0.39, 0.29) is 3.17 Å². The van der Waals surface area contributed by atoms with Crippen LogP contribution < -0.4 is 0 Å². The van der Waals surface area contributed by atoms with E-state index in [0.29, 0.717) is 3.67 Å². The van der Waals surface area contributed by atoms with Crippen molar-refractivity contribution in [2.75, 3.05) is 0 Å². The van der Waals surface area contributed by atoms with Gasteiger partial charge in [0.25, 0.3) is 0 Å². The number of rotatable bonds is 4. The molecule has 167 valence electrons. The van der Waals surface area contributed by atoms with Gasteiger partial charge in [0.15, 0.2) is 0 Å². The third-order valence-corrected chi connectivity index (χ3v) is 56.5. The van der Waals surface area contributed by atoms with Gasteiger partial charge in [0.05, 0.1) is 0 Å². The van der Waals surface area contributed by atoms with Crippen LogP contribution in [0.2, 0.25) is 36.4 Å². The average Bonchev–Trinajstić information content (AvgIpc) is 3.26. The van der Waals surface area contributed by atoms with Gasteiger partial charge in [-0.05, 0) is 0 Å². The molecule has 0 aliphatic heterocycles. The van der Waals surface area contributed by atoms with Gasteiger partial charge in [-0.3, -0.25) is 0 Å². The number of fused-ring (bicyclic) bond motifs is 1. The van der Waals surface area contributed by atoms with Crippen molar-refractivity contribution >= 4 is 6.08 Å². The van der Waals surface area contributed by atoms with E-state index in [1.807, 2.05) is 0 Å². The minimum atomic E-state index is -5.75. The van der Waals surface area contributed by atoms with Crippen LogP contribution in [0, 0.1) is 13.8 Å². The third-order valence-electron chi connectivity index (χ3n) is 10.6. The molecule has 0 amide bonds. The van der Waals surface area contributed by atoms with Gasteiger partial charge in [-0.2, -0.15) is 0 Å². The van der Waals surface area contributed by atoms with Gasteiger partial charge in [-0.1, -0.05) is 0 Å². The second-order valence-corrected chi connectivity index (χ2v) is 130. The van der Waals surface area contributed by atoms with Crippen molar-refractivity contribution in [1.82, 2.24) is 0 Å². The van der Waals surface area contributed by atoms with Crippen LogP contribution in [0.3, 0.4) is 0 Å². The Morgan fingerprint density at radius 2 is 1.32 bits per heavy atom. The van der Waals surface area contributed by atoms with E-state index in [1.54, 1.807) is 0 Å². The quantitative estimate of drug-likeness (QED) is 0.315. The first-order chi connectivity index (χ1) is 13.6. The van der Waals surface area contributed by atoms with E-state index in [9.17, 15) is 0 Å². The normalized spacial score (nSPS) is 27.5. The second-order valence-electron chi connectivity index (χ2n) is 21.2. The Morgan fingerprint density at radius 1 is 0.774 bits per heavy atom. The number of benzene rings is 2. The van der Waals surface area contributed by atoms with Gasteiger partial charge in [0.2, 0.25) is 0 Å². The van der Waals surface area contributed by atoms with Crippen molar-refractivity contribution in [3.05, 3.63) is 101 Å². The van der Waals surface area contributed by atoms with Gasteiger partial charge < -0.3 is 0 Å². The average molecular weight is 582 g/mol. The molecule has 2 aromatic rings. The molecule has 1 unspecified atom stereocenters. The summed E-state index contributed by atoms with van der Waals surface area (Å²) in [4.78, 5) is 0. The van der Waals surface area contributed by atoms with Gasteiger partial charge >= 0.3 is 179 Å². The van der Waals surface area contributed by atoms with Crippen LogP contribution in [0.15, 0.2) is 72.8 Å². The van der Waals surface area contributed by atoms with Gasteiger partial charge in [0.1, 0.15) is 0 Å². The summed E-state index contributed by atoms with van der Waals surface area (Å²) < 4.78 is 19.2. The Morgan fingerprint density at radius 3 is 1.90 bits per heavy atom. The molecule has 0 nitrogen and oxygen atoms in total. The zero-order valence-corrected chi connectivity index (χ0v) is 24.9. The number of aryl methyl sites for hydroxylation is 2. The molecule has 0 bridgehead atoms. The Bertz CT molecular complexity index is 1250. The minimum absolute atomic E-state index is 0.152. The molecule has 4 rings (SSSR count). The van der Waals surface area contributed by atoms with Crippen molar-refractivity contribution in [3.63, 3.8) is 0 Å². The van der Waals surface area contributed by atoms with Crippen molar-refractivity contribution in [3.8, 4) is 0 Å². The first-order valence-corrected chi connectivity index (χ1v) is 41.2. The molecule has 0 saturated carbocycles. The Kier molecular flexibility index (Phi) is 3.01. The summed E-state index contributed by atoms with van der Waals surface area (Å²) in [5.74, 6) is 0. The van der Waals surface area contributed by atoms with E-state index in [0.717, 1.165) is 6.42 Å². The molecule has 0 saturated heterocycles. The molecule has 31 heavy (non-hydrogen) atoms. The molecule has 0 aromatic heterocycles. The van der Waals surface area contributed by atoms with E-state index in [4.69, 9.17) is 0 Å². The van der Waals surface area contributed by atoms with Crippen molar-refractivity contribution < 1.29 is 12.6 Å². The fraction of sp³-hybridized carbons (Fsp3) is 0.400. The SMILES string of the molecule is Cc1cc2c(cc1C)[C](Cc1ccccc1)([Hf]([CH3])([CH3])([CH3])([CH3])([CH3])([CH3])([CH3])[CH]1C=CC=C1)C=C2. The first-order valence-electron chi connectivity index (χ1n) is 12.1. The topological polar surface area (TPSA) is 0 Å². The van der Waals surface area contributed by atoms with Crippen molar-refractivity contribution in [1.29, 1.82) is 0 Å². The summed E-state index contributed by atoms with van der Waals surface area (Å²) in [7, 11) is 0. The van der Waals surface area contributed by atoms with Gasteiger partial charge in [0, 0.05) is 0 Å². The third kappa shape index (κ3) is 2.68. The first kappa shape index (κ1) is 22.7. The van der Waals surface area contributed by atoms with Crippen molar-refractivity contribution in [2.45, 2.75) is 59.9 Å². The van der Waals surface area contributed by atoms with E-state index >= 15 is 0 Å². The molecule has 0 fully saturated rings. The van der Waals surface area contributed by atoms with Crippen LogP contribution in [0.4, 0.5) is 0 Å². The summed E-state index contributed by atoms with van der Waals surface area (Å²) in [6.45, 7) is 4.51. The molecule has 0 radical (unpaired) electrons. The monoisotopic (exact) mass is 583 g/mol. The van der Waals surface area contributed by atoms with Crippen LogP contribution in [-0.2, 0) is 22.2 Å². The van der Waals surface area contributed by atoms with E-state index in [1.165, 1.54) is 27.8 Å². The Hall–Kier alpha value is -1.47. The molecule has 0 N–H and O–H groups in total. The predicted molar refractivity (Wildman–Crippen MR) is 140 cm³/mol. The van der Waals surface area contributed by atoms with E-state index in [2.05, 4.69) is 126 Å². The summed E-state index contributed by atoms with van der Waals surface area (Å²) in [5, 5.41) is 0. The molecule has 1 atom stereocenters. The second kappa shape index (κ2) is 4.11. The standard InChI is InChI=1S/C18H17.C5H5.7CH3.Hf/c1-13-10-16-8-9-17(18(16)11-14(13)2)12-15-6-4-3-5-7-15;1-2-4-5-3-1;;;;;;;;/h3-11H,12H2,1-2H3;1-5H;7*1H3;. The van der Waals surface area contributed by atoms with Crippen LogP contribution in [-0.4, -0.2) is 0 Å². The van der Waals surface area contributed by atoms with Gasteiger partial charge in [-0.15, -0.1) is 0 Å². The van der Waals surface area contributed by atoms with Gasteiger partial charge in [-0.25, -0.2) is 0 Å². The summed E-state index contributed by atoms with van der Waals surface area (Å²) in [5.41, 5.74) is 7.06. The molecule has 1 heteroatoms. The van der Waals surface area contributed by atoms with Crippen LogP contribution in [0.1, 0.15) is 27.8 Å². The Labute approximate surface area is 178 Å². The van der Waals surface area contributed by atoms with Crippen molar-refractivity contribution in [2.24, 2.45) is 0 Å². The van der Waals surface area contributed by atoms with E-state index < -0.39 is 12.6 Å². The summed E-state index contributed by atoms with van der Waals surface area (Å²) in [6.07, 6.45) is 15.5. The molecule has 2 aliphatic carbocycles. The number of allylic oxidation sites excluding steroid dienone is 5. The molecular formula is C30H43Hf. The zero-order chi connectivity index (χ0) is 23.2. The molecule has 0 spiro atoms. The number of hydrogen-bond acceptors (Lipinski definition) is 0. The molecule has 2 aromatic carbocycles. The van der Waals surface area contributed by atoms with Crippen LogP contribution in [0.5, 0.6) is 0 Å². The van der Waals surface area contributed by atoms with Crippen LogP contribution >= 0.6 is 0 Å². The predicted octanol–water partition coefficient (Wildman–Crippen LogP) is 9.85. The summed E-state index contributed by atoms with van der Waals surface area (Å²) >= 11 is -5.75. The maximum absolute atomic E-state index is 5.75. The maximum atomic E-state index is 2.71. The molecule has 2 aliphatic rings. The molecule has 0 heterocycles.